The van der Waals surface area contributed by atoms with Crippen LogP contribution in [0.15, 0.2) is 48.5 Å². The van der Waals surface area contributed by atoms with Crippen molar-refractivity contribution in [1.82, 2.24) is 4.90 Å². The molecule has 0 saturated carbocycles. The van der Waals surface area contributed by atoms with E-state index in [1.54, 1.807) is 7.11 Å². The number of nitrogens with two attached hydrogens (primary N) is 1. The maximum absolute atomic E-state index is 5.71. The highest BCUT2D eigenvalue weighted by Crippen LogP contribution is 2.22. The first-order chi connectivity index (χ1) is 10.1. The molecule has 0 aliphatic heterocycles. The summed E-state index contributed by atoms with van der Waals surface area (Å²) in [5, 5.41) is 0. The number of hydrogen-bond acceptors (Lipinski definition) is 3. The van der Waals surface area contributed by atoms with E-state index in [1.807, 2.05) is 24.3 Å². The Morgan fingerprint density at radius 2 is 1.86 bits per heavy atom. The second-order valence-corrected chi connectivity index (χ2v) is 5.49. The van der Waals surface area contributed by atoms with Crippen molar-refractivity contribution in [2.75, 3.05) is 14.2 Å². The molecule has 0 heterocycles. The van der Waals surface area contributed by atoms with Crippen LogP contribution in [0.4, 0.5) is 0 Å². The van der Waals surface area contributed by atoms with E-state index < -0.39 is 0 Å². The fourth-order valence-corrected chi connectivity index (χ4v) is 2.42. The van der Waals surface area contributed by atoms with E-state index in [0.717, 1.165) is 30.0 Å². The Morgan fingerprint density at radius 1 is 1.14 bits per heavy atom. The molecule has 0 aromatic heterocycles. The molecule has 21 heavy (non-hydrogen) atoms. The molecule has 0 aliphatic rings. The molecule has 0 atom stereocenters. The fourth-order valence-electron chi connectivity index (χ4n) is 2.30. The summed E-state index contributed by atoms with van der Waals surface area (Å²) in [6.07, 6.45) is 0. The summed E-state index contributed by atoms with van der Waals surface area (Å²) in [5.41, 5.74) is 8.94. The second kappa shape index (κ2) is 7.20. The molecule has 0 saturated heterocycles. The van der Waals surface area contributed by atoms with Crippen LogP contribution in [0, 0.1) is 0 Å². The molecule has 0 unspecified atom stereocenters. The summed E-state index contributed by atoms with van der Waals surface area (Å²) >= 11 is 5.04. The molecule has 0 amide bonds. The summed E-state index contributed by atoms with van der Waals surface area (Å²) in [5.74, 6) is 0.856. The molecule has 0 bridgehead atoms. The van der Waals surface area contributed by atoms with Crippen molar-refractivity contribution in [1.29, 1.82) is 0 Å². The van der Waals surface area contributed by atoms with Gasteiger partial charge in [-0.1, -0.05) is 42.5 Å². The summed E-state index contributed by atoms with van der Waals surface area (Å²) in [7, 11) is 3.76. The van der Waals surface area contributed by atoms with Crippen LogP contribution in [-0.2, 0) is 13.1 Å². The van der Waals surface area contributed by atoms with Gasteiger partial charge in [0, 0.05) is 24.2 Å². The third kappa shape index (κ3) is 4.28. The molecule has 2 aromatic rings. The van der Waals surface area contributed by atoms with Crippen molar-refractivity contribution in [2.24, 2.45) is 5.73 Å². The monoisotopic (exact) mass is 300 g/mol. The highest BCUT2D eigenvalue weighted by Gasteiger charge is 2.09. The average molecular weight is 300 g/mol. The van der Waals surface area contributed by atoms with E-state index in [2.05, 4.69) is 36.2 Å². The first-order valence-corrected chi connectivity index (χ1v) is 7.20. The first-order valence-electron chi connectivity index (χ1n) is 6.79. The highest BCUT2D eigenvalue weighted by atomic mass is 32.1. The molecular weight excluding hydrogens is 280 g/mol. The maximum Gasteiger partial charge on any atom is 0.123 e. The average Bonchev–Trinajstić information content (AvgIpc) is 2.48. The van der Waals surface area contributed by atoms with Gasteiger partial charge in [-0.25, -0.2) is 0 Å². The number of benzene rings is 2. The lowest BCUT2D eigenvalue weighted by Gasteiger charge is -2.19. The minimum Gasteiger partial charge on any atom is -0.496 e. The maximum atomic E-state index is 5.71. The summed E-state index contributed by atoms with van der Waals surface area (Å²) in [6.45, 7) is 1.65. The first kappa shape index (κ1) is 15.5. The zero-order valence-corrected chi connectivity index (χ0v) is 13.2. The van der Waals surface area contributed by atoms with Gasteiger partial charge in [-0.2, -0.15) is 0 Å². The lowest BCUT2D eigenvalue weighted by Crippen LogP contribution is -2.18. The van der Waals surface area contributed by atoms with E-state index in [-0.39, 0.29) is 0 Å². The van der Waals surface area contributed by atoms with Crippen LogP contribution in [0.25, 0.3) is 0 Å². The van der Waals surface area contributed by atoms with Crippen molar-refractivity contribution >= 4 is 17.2 Å². The summed E-state index contributed by atoms with van der Waals surface area (Å²) in [6, 6.07) is 16.2. The molecule has 0 fully saturated rings. The van der Waals surface area contributed by atoms with Gasteiger partial charge in [0.2, 0.25) is 0 Å². The van der Waals surface area contributed by atoms with Gasteiger partial charge in [0.25, 0.3) is 0 Å². The molecule has 0 radical (unpaired) electrons. The zero-order chi connectivity index (χ0) is 15.2. The summed E-state index contributed by atoms with van der Waals surface area (Å²) < 4.78 is 5.42. The van der Waals surface area contributed by atoms with Gasteiger partial charge >= 0.3 is 0 Å². The smallest absolute Gasteiger partial charge is 0.123 e. The Kier molecular flexibility index (Phi) is 5.31. The van der Waals surface area contributed by atoms with Gasteiger partial charge < -0.3 is 10.5 Å². The molecule has 2 aromatic carbocycles. The van der Waals surface area contributed by atoms with Gasteiger partial charge in [-0.15, -0.1) is 0 Å². The Hall–Kier alpha value is -1.91. The molecule has 0 spiro atoms. The number of nitrogens with zero attached hydrogens (tertiary/aromatic N) is 1. The minimum absolute atomic E-state index is 0.407. The number of hydrogen-bond donors (Lipinski definition) is 1. The topological polar surface area (TPSA) is 38.5 Å². The number of thiocarbonyl (C=S) groups is 1. The number of methoxy groups -OCH3 is 1. The standard InChI is InChI=1S/C17H20N2OS/c1-19(11-13-6-4-3-5-7-13)12-15-10-14(17(18)21)8-9-16(15)20-2/h3-10H,11-12H2,1-2H3,(H2,18,21). The van der Waals surface area contributed by atoms with E-state index in [0.29, 0.717) is 4.99 Å². The third-order valence-electron chi connectivity index (χ3n) is 3.30. The number of ether oxygens (including phenoxy) is 1. The van der Waals surface area contributed by atoms with Crippen molar-refractivity contribution < 1.29 is 4.74 Å². The van der Waals surface area contributed by atoms with Gasteiger partial charge in [0.15, 0.2) is 0 Å². The Morgan fingerprint density at radius 3 is 2.48 bits per heavy atom. The van der Waals surface area contributed by atoms with Crippen LogP contribution in [0.5, 0.6) is 5.75 Å². The van der Waals surface area contributed by atoms with Gasteiger partial charge in [-0.05, 0) is 30.8 Å². The molecular formula is C17H20N2OS. The lowest BCUT2D eigenvalue weighted by atomic mass is 10.1. The molecule has 2 N–H and O–H groups in total. The van der Waals surface area contributed by atoms with Crippen LogP contribution in [0.3, 0.4) is 0 Å². The van der Waals surface area contributed by atoms with Crippen LogP contribution in [-0.4, -0.2) is 24.0 Å². The Balaban J connectivity index is 2.13. The molecule has 0 aliphatic carbocycles. The molecule has 2 rings (SSSR count). The molecule has 4 heteroatoms. The quantitative estimate of drug-likeness (QED) is 0.833. The zero-order valence-electron chi connectivity index (χ0n) is 12.4. The van der Waals surface area contributed by atoms with Crippen molar-refractivity contribution in [3.63, 3.8) is 0 Å². The largest absolute Gasteiger partial charge is 0.496 e. The van der Waals surface area contributed by atoms with Crippen LogP contribution in [0.2, 0.25) is 0 Å². The third-order valence-corrected chi connectivity index (χ3v) is 3.54. The number of rotatable bonds is 6. The van der Waals surface area contributed by atoms with Crippen LogP contribution in [0.1, 0.15) is 16.7 Å². The Bertz CT molecular complexity index is 613. The van der Waals surface area contributed by atoms with E-state index >= 15 is 0 Å². The summed E-state index contributed by atoms with van der Waals surface area (Å²) in [4.78, 5) is 2.64. The molecule has 3 nitrogen and oxygen atoms in total. The van der Waals surface area contributed by atoms with Crippen LogP contribution >= 0.6 is 12.2 Å². The van der Waals surface area contributed by atoms with Crippen molar-refractivity contribution in [2.45, 2.75) is 13.1 Å². The van der Waals surface area contributed by atoms with Crippen molar-refractivity contribution in [3.8, 4) is 5.75 Å². The highest BCUT2D eigenvalue weighted by molar-refractivity contribution is 7.80. The second-order valence-electron chi connectivity index (χ2n) is 5.05. The van der Waals surface area contributed by atoms with E-state index in [1.165, 1.54) is 5.56 Å². The predicted octanol–water partition coefficient (Wildman–Crippen LogP) is 2.96. The van der Waals surface area contributed by atoms with Gasteiger partial charge in [0.1, 0.15) is 10.7 Å². The SMILES string of the molecule is COc1ccc(C(N)=S)cc1CN(C)Cc1ccccc1. The van der Waals surface area contributed by atoms with Gasteiger partial charge in [-0.3, -0.25) is 4.90 Å². The van der Waals surface area contributed by atoms with E-state index in [9.17, 15) is 0 Å². The predicted molar refractivity (Wildman–Crippen MR) is 90.5 cm³/mol. The van der Waals surface area contributed by atoms with Gasteiger partial charge in [0.05, 0.1) is 7.11 Å². The van der Waals surface area contributed by atoms with Crippen LogP contribution < -0.4 is 10.5 Å². The Labute approximate surface area is 131 Å². The fraction of sp³-hybridized carbons (Fsp3) is 0.235. The lowest BCUT2D eigenvalue weighted by molar-refractivity contribution is 0.310. The minimum atomic E-state index is 0.407. The van der Waals surface area contributed by atoms with Crippen molar-refractivity contribution in [3.05, 3.63) is 65.2 Å². The van der Waals surface area contributed by atoms with E-state index in [4.69, 9.17) is 22.7 Å². The molecule has 110 valence electrons. The normalized spacial score (nSPS) is 10.6.